The normalized spacial score (nSPS) is 9.42. The van der Waals surface area contributed by atoms with Crippen molar-refractivity contribution in [2.75, 3.05) is 6.54 Å². The van der Waals surface area contributed by atoms with Crippen molar-refractivity contribution in [3.63, 3.8) is 0 Å². The average molecular weight is 174 g/mol. The Morgan fingerprint density at radius 1 is 1.25 bits per heavy atom. The molecule has 0 aromatic rings. The van der Waals surface area contributed by atoms with Gasteiger partial charge < -0.3 is 0 Å². The van der Waals surface area contributed by atoms with Crippen molar-refractivity contribution in [3.05, 3.63) is 4.91 Å². The number of unbranched alkanes of at least 4 members (excludes halogenated alkanes) is 3. The maximum atomic E-state index is 10.5. The molecule has 0 rings (SSSR count). The average Bonchev–Trinajstić information content (AvgIpc) is 2.10. The summed E-state index contributed by atoms with van der Waals surface area (Å²) < 4.78 is 0. The number of hydrogen-bond donors (Lipinski definition) is 2. The molecule has 0 heterocycles. The Bertz CT molecular complexity index is 139. The molecule has 0 saturated heterocycles. The molecule has 5 nitrogen and oxygen atoms in total. The van der Waals surface area contributed by atoms with Crippen LogP contribution in [0.2, 0.25) is 0 Å². The van der Waals surface area contributed by atoms with Crippen molar-refractivity contribution in [1.29, 1.82) is 0 Å². The highest BCUT2D eigenvalue weighted by Crippen LogP contribution is 2.02. The molecule has 0 aliphatic carbocycles. The molecule has 5 heteroatoms. The van der Waals surface area contributed by atoms with Crippen molar-refractivity contribution in [2.45, 2.75) is 32.1 Å². The van der Waals surface area contributed by atoms with Crippen LogP contribution in [-0.2, 0) is 4.79 Å². The van der Waals surface area contributed by atoms with Crippen LogP contribution in [0.4, 0.5) is 0 Å². The van der Waals surface area contributed by atoms with Crippen LogP contribution in [0, 0.1) is 4.91 Å². The number of nitroso groups, excluding NO2 is 1. The Hall–Kier alpha value is -0.970. The minimum absolute atomic E-state index is 0.338. The standard InChI is InChI=1S/C7H14N2O3/c10-7(9-12)5-3-1-2-4-6-8-11/h12H,1-6H2,(H,9,10). The number of carbonyl (C=O) groups excluding carboxylic acids is 1. The van der Waals surface area contributed by atoms with E-state index in [1.165, 1.54) is 0 Å². The third kappa shape index (κ3) is 7.14. The maximum Gasteiger partial charge on any atom is 0.243 e. The van der Waals surface area contributed by atoms with E-state index in [4.69, 9.17) is 5.21 Å². The predicted octanol–water partition coefficient (Wildman–Crippen LogP) is 1.21. The molecule has 0 unspecified atom stereocenters. The molecule has 12 heavy (non-hydrogen) atoms. The van der Waals surface area contributed by atoms with E-state index >= 15 is 0 Å². The molecule has 2 N–H and O–H groups in total. The van der Waals surface area contributed by atoms with Gasteiger partial charge in [0.05, 0.1) is 6.54 Å². The van der Waals surface area contributed by atoms with E-state index in [0.29, 0.717) is 13.0 Å². The Labute approximate surface area is 71.1 Å². The second kappa shape index (κ2) is 8.13. The first kappa shape index (κ1) is 11.0. The number of amides is 1. The number of hydroxylamine groups is 1. The topological polar surface area (TPSA) is 78.8 Å². The van der Waals surface area contributed by atoms with Crippen LogP contribution in [-0.4, -0.2) is 17.7 Å². The van der Waals surface area contributed by atoms with Gasteiger partial charge in [0.15, 0.2) is 0 Å². The van der Waals surface area contributed by atoms with E-state index in [9.17, 15) is 9.70 Å². The van der Waals surface area contributed by atoms with Crippen LogP contribution in [0.25, 0.3) is 0 Å². The first-order valence-corrected chi connectivity index (χ1v) is 4.03. The summed E-state index contributed by atoms with van der Waals surface area (Å²) in [6.45, 7) is 0.353. The smallest absolute Gasteiger partial charge is 0.243 e. The Kier molecular flexibility index (Phi) is 7.47. The van der Waals surface area contributed by atoms with Gasteiger partial charge in [-0.05, 0) is 12.8 Å². The molecule has 0 atom stereocenters. The summed E-state index contributed by atoms with van der Waals surface area (Å²) in [5.41, 5.74) is 1.56. The molecule has 0 aliphatic heterocycles. The van der Waals surface area contributed by atoms with Crippen molar-refractivity contribution >= 4 is 5.91 Å². The lowest BCUT2D eigenvalue weighted by atomic mass is 10.1. The van der Waals surface area contributed by atoms with E-state index in [-0.39, 0.29) is 5.91 Å². The largest absolute Gasteiger partial charge is 0.289 e. The van der Waals surface area contributed by atoms with Gasteiger partial charge in [-0.15, -0.1) is 0 Å². The Morgan fingerprint density at radius 2 is 1.92 bits per heavy atom. The predicted molar refractivity (Wildman–Crippen MR) is 43.7 cm³/mol. The van der Waals surface area contributed by atoms with Gasteiger partial charge in [0.1, 0.15) is 0 Å². The SMILES string of the molecule is O=NCCCCCCC(=O)NO. The van der Waals surface area contributed by atoms with Gasteiger partial charge in [-0.25, -0.2) is 5.48 Å². The third-order valence-corrected chi connectivity index (χ3v) is 1.53. The molecule has 0 fully saturated rings. The molecule has 70 valence electrons. The molecular formula is C7H14N2O3. The van der Waals surface area contributed by atoms with Gasteiger partial charge in [0, 0.05) is 6.42 Å². The Morgan fingerprint density at radius 3 is 2.50 bits per heavy atom. The second-order valence-corrected chi connectivity index (χ2v) is 2.55. The van der Waals surface area contributed by atoms with Gasteiger partial charge in [0.25, 0.3) is 0 Å². The zero-order valence-corrected chi connectivity index (χ0v) is 6.95. The quantitative estimate of drug-likeness (QED) is 0.263. The number of rotatable bonds is 7. The molecule has 0 saturated carbocycles. The summed E-state index contributed by atoms with van der Waals surface area (Å²) in [6, 6.07) is 0. The number of carbonyl (C=O) groups is 1. The minimum Gasteiger partial charge on any atom is -0.289 e. The van der Waals surface area contributed by atoms with Crippen molar-refractivity contribution < 1.29 is 10.0 Å². The molecule has 0 bridgehead atoms. The van der Waals surface area contributed by atoms with Gasteiger partial charge in [0.2, 0.25) is 5.91 Å². The molecule has 0 aliphatic rings. The lowest BCUT2D eigenvalue weighted by molar-refractivity contribution is -0.129. The molecule has 0 radical (unpaired) electrons. The molecule has 0 aromatic carbocycles. The summed E-state index contributed by atoms with van der Waals surface area (Å²) in [5, 5.41) is 10.8. The maximum absolute atomic E-state index is 10.5. The van der Waals surface area contributed by atoms with Crippen molar-refractivity contribution in [2.24, 2.45) is 5.18 Å². The fourth-order valence-corrected chi connectivity index (χ4v) is 0.871. The van der Waals surface area contributed by atoms with Crippen LogP contribution < -0.4 is 5.48 Å². The molecule has 0 aromatic heterocycles. The second-order valence-electron chi connectivity index (χ2n) is 2.55. The van der Waals surface area contributed by atoms with E-state index in [1.807, 2.05) is 0 Å². The summed E-state index contributed by atoms with van der Waals surface area (Å²) >= 11 is 0. The highest BCUT2D eigenvalue weighted by Gasteiger charge is 1.97. The fourth-order valence-electron chi connectivity index (χ4n) is 0.871. The van der Waals surface area contributed by atoms with E-state index < -0.39 is 0 Å². The number of nitrogens with one attached hydrogen (secondary N) is 1. The summed E-state index contributed by atoms with van der Waals surface area (Å²) in [4.78, 5) is 20.1. The first-order valence-electron chi connectivity index (χ1n) is 4.03. The first-order chi connectivity index (χ1) is 5.81. The van der Waals surface area contributed by atoms with Crippen LogP contribution in [0.5, 0.6) is 0 Å². The van der Waals surface area contributed by atoms with Gasteiger partial charge in [-0.2, -0.15) is 4.91 Å². The lowest BCUT2D eigenvalue weighted by Gasteiger charge is -1.97. The monoisotopic (exact) mass is 174 g/mol. The number of nitrogens with zero attached hydrogens (tertiary/aromatic N) is 1. The fraction of sp³-hybridized carbons (Fsp3) is 0.857. The van der Waals surface area contributed by atoms with Gasteiger partial charge >= 0.3 is 0 Å². The summed E-state index contributed by atoms with van der Waals surface area (Å²) in [5.74, 6) is -0.358. The minimum atomic E-state index is -0.358. The van der Waals surface area contributed by atoms with Crippen LogP contribution >= 0.6 is 0 Å². The lowest BCUT2D eigenvalue weighted by Crippen LogP contribution is -2.17. The zero-order chi connectivity index (χ0) is 9.23. The van der Waals surface area contributed by atoms with Crippen LogP contribution in [0.1, 0.15) is 32.1 Å². The third-order valence-electron chi connectivity index (χ3n) is 1.53. The van der Waals surface area contributed by atoms with E-state index in [1.54, 1.807) is 5.48 Å². The summed E-state index contributed by atoms with van der Waals surface area (Å²) in [6.07, 6.45) is 3.66. The van der Waals surface area contributed by atoms with E-state index in [2.05, 4.69) is 5.18 Å². The van der Waals surface area contributed by atoms with Crippen molar-refractivity contribution in [3.8, 4) is 0 Å². The number of hydrogen-bond acceptors (Lipinski definition) is 4. The molecule has 1 amide bonds. The summed E-state index contributed by atoms with van der Waals surface area (Å²) in [7, 11) is 0. The molecular weight excluding hydrogens is 160 g/mol. The molecule has 0 spiro atoms. The van der Waals surface area contributed by atoms with E-state index in [0.717, 1.165) is 25.7 Å². The van der Waals surface area contributed by atoms with Crippen molar-refractivity contribution in [1.82, 2.24) is 5.48 Å². The highest BCUT2D eigenvalue weighted by atomic mass is 16.5. The highest BCUT2D eigenvalue weighted by molar-refractivity contribution is 5.74. The van der Waals surface area contributed by atoms with Gasteiger partial charge in [-0.3, -0.25) is 10.0 Å². The zero-order valence-electron chi connectivity index (χ0n) is 6.95. The van der Waals surface area contributed by atoms with Crippen LogP contribution in [0.15, 0.2) is 5.18 Å². The van der Waals surface area contributed by atoms with Gasteiger partial charge in [-0.1, -0.05) is 18.0 Å². The van der Waals surface area contributed by atoms with Crippen LogP contribution in [0.3, 0.4) is 0 Å². The Balaban J connectivity index is 3.00.